The molecule has 0 amide bonds. The van der Waals surface area contributed by atoms with Gasteiger partial charge in [0.05, 0.1) is 4.47 Å². The molecule has 0 N–H and O–H groups in total. The van der Waals surface area contributed by atoms with E-state index in [1.807, 2.05) is 6.92 Å². The Kier molecular flexibility index (Phi) is 3.00. The maximum Gasteiger partial charge on any atom is 0.225 e. The monoisotopic (exact) mass is 269 g/mol. The Morgan fingerprint density at radius 1 is 1.47 bits per heavy atom. The molecule has 4 nitrogen and oxygen atoms in total. The quantitative estimate of drug-likeness (QED) is 0.778. The molecule has 0 saturated carbocycles. The van der Waals surface area contributed by atoms with Crippen LogP contribution in [0.2, 0.25) is 0 Å². The van der Waals surface area contributed by atoms with Crippen LogP contribution >= 0.6 is 15.9 Å². The van der Waals surface area contributed by atoms with E-state index in [2.05, 4.69) is 30.8 Å². The third kappa shape index (κ3) is 2.34. The SMILES string of the molecule is CC1CN(c2ncc(Br)cn2)CCC1=O. The molecule has 2 heterocycles. The van der Waals surface area contributed by atoms with Gasteiger partial charge < -0.3 is 4.90 Å². The zero-order valence-corrected chi connectivity index (χ0v) is 10.1. The van der Waals surface area contributed by atoms with E-state index in [9.17, 15) is 4.79 Å². The van der Waals surface area contributed by atoms with Crippen molar-refractivity contribution >= 4 is 27.7 Å². The predicted octanol–water partition coefficient (Wildman–Crippen LogP) is 1.65. The van der Waals surface area contributed by atoms with Crippen molar-refractivity contribution in [3.05, 3.63) is 16.9 Å². The Morgan fingerprint density at radius 2 is 2.13 bits per heavy atom. The first kappa shape index (κ1) is 10.5. The Bertz CT molecular complexity index is 365. The minimum atomic E-state index is 0.0889. The number of ketones is 1. The number of aromatic nitrogens is 2. The molecule has 15 heavy (non-hydrogen) atoms. The number of anilines is 1. The molecule has 5 heteroatoms. The molecule has 1 aliphatic rings. The highest BCUT2D eigenvalue weighted by molar-refractivity contribution is 9.10. The van der Waals surface area contributed by atoms with Gasteiger partial charge in [-0.1, -0.05) is 6.92 Å². The van der Waals surface area contributed by atoms with Crippen molar-refractivity contribution in [2.24, 2.45) is 5.92 Å². The van der Waals surface area contributed by atoms with Gasteiger partial charge in [-0.25, -0.2) is 9.97 Å². The maximum atomic E-state index is 11.4. The number of carbonyl (C=O) groups excluding carboxylic acids is 1. The number of hydrogen-bond donors (Lipinski definition) is 0. The van der Waals surface area contributed by atoms with Crippen molar-refractivity contribution in [1.82, 2.24) is 9.97 Å². The Balaban J connectivity index is 2.12. The summed E-state index contributed by atoms with van der Waals surface area (Å²) in [6.07, 6.45) is 4.05. The standard InChI is InChI=1S/C10H12BrN3O/c1-7-6-14(3-2-9(7)15)10-12-4-8(11)5-13-10/h4-5,7H,2-3,6H2,1H3. The second-order valence-corrected chi connectivity index (χ2v) is 4.68. The lowest BCUT2D eigenvalue weighted by atomic mass is 9.99. The van der Waals surface area contributed by atoms with Gasteiger partial charge in [-0.05, 0) is 15.9 Å². The van der Waals surface area contributed by atoms with Gasteiger partial charge in [-0.2, -0.15) is 0 Å². The first-order valence-corrected chi connectivity index (χ1v) is 5.71. The third-order valence-corrected chi connectivity index (χ3v) is 2.97. The van der Waals surface area contributed by atoms with Crippen molar-refractivity contribution in [3.63, 3.8) is 0 Å². The zero-order valence-electron chi connectivity index (χ0n) is 8.48. The van der Waals surface area contributed by atoms with Crippen LogP contribution in [0.25, 0.3) is 0 Å². The smallest absolute Gasteiger partial charge is 0.225 e. The predicted molar refractivity (Wildman–Crippen MR) is 60.7 cm³/mol. The van der Waals surface area contributed by atoms with E-state index in [-0.39, 0.29) is 5.92 Å². The van der Waals surface area contributed by atoms with Gasteiger partial charge in [0.2, 0.25) is 5.95 Å². The van der Waals surface area contributed by atoms with Gasteiger partial charge >= 0.3 is 0 Å². The van der Waals surface area contributed by atoms with E-state index < -0.39 is 0 Å². The summed E-state index contributed by atoms with van der Waals surface area (Å²) >= 11 is 3.29. The zero-order chi connectivity index (χ0) is 10.8. The number of piperidine rings is 1. The number of rotatable bonds is 1. The Morgan fingerprint density at radius 3 is 2.73 bits per heavy atom. The van der Waals surface area contributed by atoms with Crippen LogP contribution in [0, 0.1) is 5.92 Å². The average Bonchev–Trinajstić information content (AvgIpc) is 2.23. The van der Waals surface area contributed by atoms with Crippen molar-refractivity contribution in [2.45, 2.75) is 13.3 Å². The summed E-state index contributed by atoms with van der Waals surface area (Å²) < 4.78 is 0.868. The van der Waals surface area contributed by atoms with E-state index in [4.69, 9.17) is 0 Å². The fourth-order valence-electron chi connectivity index (χ4n) is 1.67. The summed E-state index contributed by atoms with van der Waals surface area (Å²) in [5.74, 6) is 1.13. The molecule has 0 aromatic carbocycles. The normalized spacial score (nSPS) is 21.9. The molecule has 1 fully saturated rings. The van der Waals surface area contributed by atoms with Crippen molar-refractivity contribution < 1.29 is 4.79 Å². The summed E-state index contributed by atoms with van der Waals surface area (Å²) in [6, 6.07) is 0. The number of hydrogen-bond acceptors (Lipinski definition) is 4. The Labute approximate surface area is 96.8 Å². The lowest BCUT2D eigenvalue weighted by Crippen LogP contribution is -2.40. The van der Waals surface area contributed by atoms with Crippen LogP contribution in [-0.4, -0.2) is 28.8 Å². The van der Waals surface area contributed by atoms with Gasteiger partial charge in [-0.3, -0.25) is 4.79 Å². The second-order valence-electron chi connectivity index (χ2n) is 3.76. The van der Waals surface area contributed by atoms with Crippen LogP contribution in [0.15, 0.2) is 16.9 Å². The van der Waals surface area contributed by atoms with E-state index in [0.717, 1.165) is 17.6 Å². The first-order valence-electron chi connectivity index (χ1n) is 4.92. The molecule has 1 atom stereocenters. The van der Waals surface area contributed by atoms with Crippen molar-refractivity contribution in [3.8, 4) is 0 Å². The lowest BCUT2D eigenvalue weighted by molar-refractivity contribution is -0.122. The van der Waals surface area contributed by atoms with Crippen LogP contribution in [0.5, 0.6) is 0 Å². The summed E-state index contributed by atoms with van der Waals surface area (Å²) in [6.45, 7) is 3.40. The molecule has 0 bridgehead atoms. The summed E-state index contributed by atoms with van der Waals surface area (Å²) in [5, 5.41) is 0. The molecular weight excluding hydrogens is 258 g/mol. The van der Waals surface area contributed by atoms with E-state index in [0.29, 0.717) is 18.2 Å². The Hall–Kier alpha value is -0.970. The topological polar surface area (TPSA) is 46.1 Å². The number of halogens is 1. The highest BCUT2D eigenvalue weighted by Crippen LogP contribution is 2.18. The van der Waals surface area contributed by atoms with Crippen LogP contribution < -0.4 is 4.90 Å². The largest absolute Gasteiger partial charge is 0.340 e. The van der Waals surface area contributed by atoms with Gasteiger partial charge in [-0.15, -0.1) is 0 Å². The first-order chi connectivity index (χ1) is 7.16. The molecule has 1 aliphatic heterocycles. The summed E-state index contributed by atoms with van der Waals surface area (Å²) in [4.78, 5) is 21.8. The van der Waals surface area contributed by atoms with Gasteiger partial charge in [0.25, 0.3) is 0 Å². The highest BCUT2D eigenvalue weighted by atomic mass is 79.9. The maximum absolute atomic E-state index is 11.4. The molecule has 1 aromatic rings. The second kappa shape index (κ2) is 4.26. The van der Waals surface area contributed by atoms with E-state index in [1.165, 1.54) is 0 Å². The molecule has 1 saturated heterocycles. The fraction of sp³-hybridized carbons (Fsp3) is 0.500. The minimum absolute atomic E-state index is 0.0889. The minimum Gasteiger partial charge on any atom is -0.340 e. The third-order valence-electron chi connectivity index (χ3n) is 2.56. The lowest BCUT2D eigenvalue weighted by Gasteiger charge is -2.29. The van der Waals surface area contributed by atoms with E-state index in [1.54, 1.807) is 12.4 Å². The summed E-state index contributed by atoms with van der Waals surface area (Å²) in [7, 11) is 0. The number of nitrogens with zero attached hydrogens (tertiary/aromatic N) is 3. The molecule has 0 aliphatic carbocycles. The van der Waals surface area contributed by atoms with Crippen molar-refractivity contribution in [1.29, 1.82) is 0 Å². The van der Waals surface area contributed by atoms with Gasteiger partial charge in [0.1, 0.15) is 5.78 Å². The van der Waals surface area contributed by atoms with Crippen LogP contribution in [0.3, 0.4) is 0 Å². The molecule has 2 rings (SSSR count). The molecule has 0 radical (unpaired) electrons. The van der Waals surface area contributed by atoms with Crippen LogP contribution in [-0.2, 0) is 4.79 Å². The van der Waals surface area contributed by atoms with E-state index >= 15 is 0 Å². The number of carbonyl (C=O) groups is 1. The molecule has 80 valence electrons. The highest BCUT2D eigenvalue weighted by Gasteiger charge is 2.24. The van der Waals surface area contributed by atoms with Crippen LogP contribution in [0.4, 0.5) is 5.95 Å². The summed E-state index contributed by atoms with van der Waals surface area (Å²) in [5.41, 5.74) is 0. The van der Waals surface area contributed by atoms with Crippen LogP contribution in [0.1, 0.15) is 13.3 Å². The van der Waals surface area contributed by atoms with Gasteiger partial charge in [0.15, 0.2) is 0 Å². The average molecular weight is 270 g/mol. The molecule has 0 spiro atoms. The molecule has 1 unspecified atom stereocenters. The fourth-order valence-corrected chi connectivity index (χ4v) is 1.87. The van der Waals surface area contributed by atoms with Gasteiger partial charge in [0, 0.05) is 37.8 Å². The van der Waals surface area contributed by atoms with Crippen molar-refractivity contribution in [2.75, 3.05) is 18.0 Å². The molecule has 1 aromatic heterocycles. The number of Topliss-reactive ketones (excluding diaryl/α,β-unsaturated/α-hetero) is 1. The molecular formula is C10H12BrN3O.